The second-order valence-electron chi connectivity index (χ2n) is 4.33. The van der Waals surface area contributed by atoms with Crippen molar-refractivity contribution in [3.63, 3.8) is 0 Å². The molecule has 100 valence electrons. The van der Waals surface area contributed by atoms with E-state index >= 15 is 0 Å². The average Bonchev–Trinajstić information content (AvgIpc) is 2.69. The van der Waals surface area contributed by atoms with E-state index in [1.54, 1.807) is 6.07 Å². The second kappa shape index (κ2) is 5.16. The number of ether oxygens (including phenoxy) is 2. The van der Waals surface area contributed by atoms with E-state index in [2.05, 4.69) is 5.32 Å². The number of benzene rings is 1. The fourth-order valence-electron chi connectivity index (χ4n) is 1.83. The molecule has 1 aliphatic heterocycles. The summed E-state index contributed by atoms with van der Waals surface area (Å²) in [6, 6.07) is 5.79. The third-order valence-electron chi connectivity index (χ3n) is 2.84. The predicted octanol–water partition coefficient (Wildman–Crippen LogP) is 0.763. The molecule has 0 aromatic heterocycles. The number of sulfone groups is 1. The lowest BCUT2D eigenvalue weighted by molar-refractivity contribution is 0.313. The van der Waals surface area contributed by atoms with Crippen molar-refractivity contribution in [1.29, 1.82) is 0 Å². The Hall–Kier alpha value is -1.27. The molecular weight excluding hydrogens is 254 g/mol. The van der Waals surface area contributed by atoms with Crippen LogP contribution in [0.25, 0.3) is 0 Å². The molecule has 1 N–H and O–H groups in total. The lowest BCUT2D eigenvalue weighted by atomic mass is 10.1. The molecule has 5 nitrogen and oxygen atoms in total. The fourth-order valence-corrected chi connectivity index (χ4v) is 2.22. The van der Waals surface area contributed by atoms with Crippen molar-refractivity contribution in [2.75, 3.05) is 32.3 Å². The Morgan fingerprint density at radius 1 is 1.50 bits per heavy atom. The summed E-state index contributed by atoms with van der Waals surface area (Å²) in [6.07, 6.45) is 1.19. The molecule has 0 amide bonds. The van der Waals surface area contributed by atoms with Gasteiger partial charge in [-0.05, 0) is 19.2 Å². The van der Waals surface area contributed by atoms with Crippen molar-refractivity contribution in [1.82, 2.24) is 5.32 Å². The molecule has 1 aromatic carbocycles. The average molecular weight is 271 g/mol. The molecule has 1 heterocycles. The maximum absolute atomic E-state index is 11.0. The zero-order valence-corrected chi connectivity index (χ0v) is 11.3. The van der Waals surface area contributed by atoms with Crippen LogP contribution in [0.15, 0.2) is 18.2 Å². The summed E-state index contributed by atoms with van der Waals surface area (Å²) in [5, 5.41) is 3.16. The van der Waals surface area contributed by atoms with Gasteiger partial charge in [0.1, 0.15) is 24.7 Å². The minimum atomic E-state index is -2.98. The van der Waals surface area contributed by atoms with E-state index in [0.717, 1.165) is 11.3 Å². The van der Waals surface area contributed by atoms with Crippen molar-refractivity contribution in [2.45, 2.75) is 6.04 Å². The number of nitrogens with one attached hydrogen (secondary N) is 1. The van der Waals surface area contributed by atoms with E-state index in [4.69, 9.17) is 9.47 Å². The smallest absolute Gasteiger partial charge is 0.150 e. The first-order valence-electron chi connectivity index (χ1n) is 5.74. The van der Waals surface area contributed by atoms with Crippen molar-refractivity contribution >= 4 is 9.84 Å². The van der Waals surface area contributed by atoms with Crippen molar-refractivity contribution in [3.8, 4) is 11.5 Å². The van der Waals surface area contributed by atoms with Gasteiger partial charge in [-0.15, -0.1) is 0 Å². The summed E-state index contributed by atoms with van der Waals surface area (Å²) < 4.78 is 32.9. The Morgan fingerprint density at radius 3 is 2.94 bits per heavy atom. The summed E-state index contributed by atoms with van der Waals surface area (Å²) >= 11 is 0. The molecule has 0 bridgehead atoms. The molecular formula is C12H17NO4S. The molecule has 18 heavy (non-hydrogen) atoms. The molecule has 0 fully saturated rings. The molecule has 0 radical (unpaired) electrons. The lowest BCUT2D eigenvalue weighted by Gasteiger charge is -2.08. The van der Waals surface area contributed by atoms with E-state index in [-0.39, 0.29) is 18.4 Å². The van der Waals surface area contributed by atoms with Crippen molar-refractivity contribution in [2.24, 2.45) is 0 Å². The van der Waals surface area contributed by atoms with Crippen LogP contribution < -0.4 is 14.8 Å². The summed E-state index contributed by atoms with van der Waals surface area (Å²) in [5.74, 6) is 1.45. The Kier molecular flexibility index (Phi) is 3.77. The highest BCUT2D eigenvalue weighted by molar-refractivity contribution is 7.90. The van der Waals surface area contributed by atoms with Gasteiger partial charge in [-0.1, -0.05) is 0 Å². The SMILES string of the molecule is CNC1COc2cc(OCCS(C)(=O)=O)ccc21. The van der Waals surface area contributed by atoms with Gasteiger partial charge < -0.3 is 14.8 Å². The molecule has 0 saturated heterocycles. The normalized spacial score (nSPS) is 18.2. The quantitative estimate of drug-likeness (QED) is 0.856. The van der Waals surface area contributed by atoms with Crippen LogP contribution >= 0.6 is 0 Å². The van der Waals surface area contributed by atoms with E-state index in [9.17, 15) is 8.42 Å². The summed E-state index contributed by atoms with van der Waals surface area (Å²) in [6.45, 7) is 0.770. The Balaban J connectivity index is 2.00. The first-order valence-corrected chi connectivity index (χ1v) is 7.80. The third-order valence-corrected chi connectivity index (χ3v) is 3.75. The number of likely N-dealkylation sites (N-methyl/N-ethyl adjacent to an activating group) is 1. The van der Waals surface area contributed by atoms with Crippen LogP contribution in [-0.4, -0.2) is 40.7 Å². The molecule has 0 aliphatic carbocycles. The monoisotopic (exact) mass is 271 g/mol. The van der Waals surface area contributed by atoms with Crippen LogP contribution in [0.5, 0.6) is 11.5 Å². The standard InChI is InChI=1S/C12H17NO4S/c1-13-11-8-17-12-7-9(3-4-10(11)12)16-5-6-18(2,14)15/h3-4,7,11,13H,5-6,8H2,1-2H3. The zero-order valence-electron chi connectivity index (χ0n) is 10.5. The maximum atomic E-state index is 11.0. The summed E-state index contributed by atoms with van der Waals surface area (Å²) in [5.41, 5.74) is 1.10. The number of hydrogen-bond donors (Lipinski definition) is 1. The van der Waals surface area contributed by atoms with E-state index < -0.39 is 9.84 Å². The third kappa shape index (κ3) is 3.14. The van der Waals surface area contributed by atoms with E-state index in [0.29, 0.717) is 12.4 Å². The molecule has 1 atom stereocenters. The van der Waals surface area contributed by atoms with Crippen LogP contribution in [0.4, 0.5) is 0 Å². The highest BCUT2D eigenvalue weighted by atomic mass is 32.2. The molecule has 1 aliphatic rings. The van der Waals surface area contributed by atoms with Gasteiger partial charge in [-0.25, -0.2) is 8.42 Å². The van der Waals surface area contributed by atoms with Gasteiger partial charge in [-0.3, -0.25) is 0 Å². The summed E-state index contributed by atoms with van der Waals surface area (Å²) in [7, 11) is -1.10. The van der Waals surface area contributed by atoms with Crippen LogP contribution in [0.3, 0.4) is 0 Å². The maximum Gasteiger partial charge on any atom is 0.150 e. The van der Waals surface area contributed by atoms with Crippen molar-refractivity contribution in [3.05, 3.63) is 23.8 Å². The van der Waals surface area contributed by atoms with Crippen molar-refractivity contribution < 1.29 is 17.9 Å². The molecule has 2 rings (SSSR count). The van der Waals surface area contributed by atoms with Gasteiger partial charge in [0.05, 0.1) is 11.8 Å². The van der Waals surface area contributed by atoms with E-state index in [1.165, 1.54) is 6.26 Å². The van der Waals surface area contributed by atoms with Gasteiger partial charge in [-0.2, -0.15) is 0 Å². The summed E-state index contributed by atoms with van der Waals surface area (Å²) in [4.78, 5) is 0. The van der Waals surface area contributed by atoms with Gasteiger partial charge in [0, 0.05) is 17.9 Å². The van der Waals surface area contributed by atoms with Gasteiger partial charge in [0.25, 0.3) is 0 Å². The first kappa shape index (κ1) is 13.2. The minimum Gasteiger partial charge on any atom is -0.492 e. The van der Waals surface area contributed by atoms with Gasteiger partial charge >= 0.3 is 0 Å². The molecule has 6 heteroatoms. The van der Waals surface area contributed by atoms with Gasteiger partial charge in [0.15, 0.2) is 9.84 Å². The highest BCUT2D eigenvalue weighted by Crippen LogP contribution is 2.34. The topological polar surface area (TPSA) is 64.6 Å². The van der Waals surface area contributed by atoms with Crippen LogP contribution in [0.2, 0.25) is 0 Å². The molecule has 1 aromatic rings. The Bertz CT molecular complexity index is 527. The molecule has 0 saturated carbocycles. The number of rotatable bonds is 5. The molecule has 0 spiro atoms. The number of fused-ring (bicyclic) bond motifs is 1. The highest BCUT2D eigenvalue weighted by Gasteiger charge is 2.22. The predicted molar refractivity (Wildman–Crippen MR) is 68.9 cm³/mol. The lowest BCUT2D eigenvalue weighted by Crippen LogP contribution is -2.17. The zero-order chi connectivity index (χ0) is 13.2. The largest absolute Gasteiger partial charge is 0.492 e. The van der Waals surface area contributed by atoms with Crippen LogP contribution in [0, 0.1) is 0 Å². The Labute approximate surface area is 107 Å². The van der Waals surface area contributed by atoms with E-state index in [1.807, 2.05) is 19.2 Å². The fraction of sp³-hybridized carbons (Fsp3) is 0.500. The Morgan fingerprint density at radius 2 is 2.28 bits per heavy atom. The van der Waals surface area contributed by atoms with Crippen LogP contribution in [0.1, 0.15) is 11.6 Å². The number of hydrogen-bond acceptors (Lipinski definition) is 5. The minimum absolute atomic E-state index is 0.0179. The second-order valence-corrected chi connectivity index (χ2v) is 6.59. The first-order chi connectivity index (χ1) is 8.49. The van der Waals surface area contributed by atoms with Gasteiger partial charge in [0.2, 0.25) is 0 Å². The molecule has 1 unspecified atom stereocenters. The van der Waals surface area contributed by atoms with Crippen LogP contribution in [-0.2, 0) is 9.84 Å².